The highest BCUT2D eigenvalue weighted by atomic mass is 16.5. The molecule has 0 saturated heterocycles. The normalized spacial score (nSPS) is 14.2. The van der Waals surface area contributed by atoms with Crippen molar-refractivity contribution in [1.82, 2.24) is 20.4 Å². The van der Waals surface area contributed by atoms with E-state index in [2.05, 4.69) is 41.5 Å². The van der Waals surface area contributed by atoms with Crippen LogP contribution in [0.4, 0.5) is 0 Å². The molecule has 1 heterocycles. The van der Waals surface area contributed by atoms with Gasteiger partial charge in [-0.05, 0) is 11.5 Å². The number of aliphatic imine (C=N–C) groups is 1. The van der Waals surface area contributed by atoms with Gasteiger partial charge < -0.3 is 15.4 Å². The van der Waals surface area contributed by atoms with Gasteiger partial charge in [0.2, 0.25) is 0 Å². The Hall–Kier alpha value is -1.56. The molecule has 0 aliphatic heterocycles. The van der Waals surface area contributed by atoms with Crippen molar-refractivity contribution >= 4 is 5.96 Å². The zero-order valence-corrected chi connectivity index (χ0v) is 13.2. The topological polar surface area (TPSA) is 63.5 Å². The molecule has 0 bridgehead atoms. The second-order valence-corrected chi connectivity index (χ2v) is 5.74. The van der Waals surface area contributed by atoms with Crippen LogP contribution in [-0.2, 0) is 11.3 Å². The standard InChI is InChI=1S/C14H27N5O/c1-14(2,3)12(20-5)11-17-13(15-4)16-8-10-19-9-6-7-18-19/h6-7,9,12H,8,10-11H2,1-5H3,(H2,15,16,17). The maximum absolute atomic E-state index is 5.51. The highest BCUT2D eigenvalue weighted by Gasteiger charge is 2.24. The Labute approximate surface area is 121 Å². The third-order valence-electron chi connectivity index (χ3n) is 3.12. The van der Waals surface area contributed by atoms with Crippen LogP contribution < -0.4 is 10.6 Å². The SMILES string of the molecule is CN=C(NCCn1cccn1)NCC(OC)C(C)(C)C. The number of methoxy groups -OCH3 is 1. The largest absolute Gasteiger partial charge is 0.379 e. The van der Waals surface area contributed by atoms with Crippen molar-refractivity contribution in [3.63, 3.8) is 0 Å². The molecule has 0 radical (unpaired) electrons. The molecule has 1 unspecified atom stereocenters. The number of hydrogen-bond acceptors (Lipinski definition) is 3. The molecule has 0 fully saturated rings. The number of nitrogens with one attached hydrogen (secondary N) is 2. The number of aromatic nitrogens is 2. The minimum atomic E-state index is 0.0929. The van der Waals surface area contributed by atoms with Crippen molar-refractivity contribution in [1.29, 1.82) is 0 Å². The summed E-state index contributed by atoms with van der Waals surface area (Å²) in [4.78, 5) is 4.20. The summed E-state index contributed by atoms with van der Waals surface area (Å²) < 4.78 is 7.40. The average molecular weight is 281 g/mol. The van der Waals surface area contributed by atoms with E-state index in [0.717, 1.165) is 25.6 Å². The maximum Gasteiger partial charge on any atom is 0.191 e. The van der Waals surface area contributed by atoms with Crippen molar-refractivity contribution < 1.29 is 4.74 Å². The third kappa shape index (κ3) is 5.61. The predicted molar refractivity (Wildman–Crippen MR) is 81.8 cm³/mol. The van der Waals surface area contributed by atoms with Crippen LogP contribution in [0.15, 0.2) is 23.5 Å². The molecule has 1 rings (SSSR count). The summed E-state index contributed by atoms with van der Waals surface area (Å²) >= 11 is 0. The lowest BCUT2D eigenvalue weighted by molar-refractivity contribution is 0.0205. The Morgan fingerprint density at radius 3 is 2.65 bits per heavy atom. The summed E-state index contributed by atoms with van der Waals surface area (Å²) in [6, 6.07) is 1.92. The van der Waals surface area contributed by atoms with E-state index in [1.165, 1.54) is 0 Å². The first-order valence-corrected chi connectivity index (χ1v) is 6.92. The first-order valence-electron chi connectivity index (χ1n) is 6.92. The highest BCUT2D eigenvalue weighted by molar-refractivity contribution is 5.79. The molecule has 0 saturated carbocycles. The summed E-state index contributed by atoms with van der Waals surface area (Å²) in [6.07, 6.45) is 3.85. The molecule has 0 aliphatic carbocycles. The predicted octanol–water partition coefficient (Wildman–Crippen LogP) is 1.11. The van der Waals surface area contributed by atoms with E-state index >= 15 is 0 Å². The summed E-state index contributed by atoms with van der Waals surface area (Å²) in [5.74, 6) is 0.781. The van der Waals surface area contributed by atoms with Crippen molar-refractivity contribution in [2.75, 3.05) is 27.2 Å². The van der Waals surface area contributed by atoms with Crippen LogP contribution in [0, 0.1) is 5.41 Å². The average Bonchev–Trinajstić information content (AvgIpc) is 2.88. The lowest BCUT2D eigenvalue weighted by Gasteiger charge is -2.30. The molecule has 6 heteroatoms. The van der Waals surface area contributed by atoms with E-state index < -0.39 is 0 Å². The zero-order chi connectivity index (χ0) is 15.0. The fourth-order valence-electron chi connectivity index (χ4n) is 1.87. The Morgan fingerprint density at radius 1 is 1.40 bits per heavy atom. The highest BCUT2D eigenvalue weighted by Crippen LogP contribution is 2.20. The summed E-state index contributed by atoms with van der Waals surface area (Å²) in [5, 5.41) is 10.7. The van der Waals surface area contributed by atoms with Crippen LogP contribution in [0.5, 0.6) is 0 Å². The number of rotatable bonds is 6. The molecule has 114 valence electrons. The molecule has 1 aromatic heterocycles. The van der Waals surface area contributed by atoms with E-state index in [0.29, 0.717) is 0 Å². The summed E-state index contributed by atoms with van der Waals surface area (Å²) in [5.41, 5.74) is 0.0929. The number of hydrogen-bond donors (Lipinski definition) is 2. The number of nitrogens with zero attached hydrogens (tertiary/aromatic N) is 3. The Morgan fingerprint density at radius 2 is 2.15 bits per heavy atom. The lowest BCUT2D eigenvalue weighted by Crippen LogP contribution is -2.45. The van der Waals surface area contributed by atoms with Gasteiger partial charge in [0, 0.05) is 39.6 Å². The second kappa shape index (κ2) is 7.89. The van der Waals surface area contributed by atoms with Crippen LogP contribution in [-0.4, -0.2) is 49.1 Å². The molecule has 0 amide bonds. The van der Waals surface area contributed by atoms with Crippen LogP contribution in [0.3, 0.4) is 0 Å². The molecule has 0 aromatic carbocycles. The van der Waals surface area contributed by atoms with Gasteiger partial charge in [-0.15, -0.1) is 0 Å². The first-order chi connectivity index (χ1) is 9.47. The second-order valence-electron chi connectivity index (χ2n) is 5.74. The fraction of sp³-hybridized carbons (Fsp3) is 0.714. The van der Waals surface area contributed by atoms with Crippen LogP contribution >= 0.6 is 0 Å². The summed E-state index contributed by atoms with van der Waals surface area (Å²) in [6.45, 7) is 8.79. The zero-order valence-electron chi connectivity index (χ0n) is 13.2. The molecule has 1 aromatic rings. The monoisotopic (exact) mass is 281 g/mol. The van der Waals surface area contributed by atoms with Gasteiger partial charge in [0.1, 0.15) is 0 Å². The van der Waals surface area contributed by atoms with Crippen LogP contribution in [0.2, 0.25) is 0 Å². The molecule has 6 nitrogen and oxygen atoms in total. The van der Waals surface area contributed by atoms with Gasteiger partial charge in [-0.1, -0.05) is 20.8 Å². The van der Waals surface area contributed by atoms with Crippen LogP contribution in [0.25, 0.3) is 0 Å². The quantitative estimate of drug-likeness (QED) is 0.605. The van der Waals surface area contributed by atoms with Crippen molar-refractivity contribution in [3.8, 4) is 0 Å². The van der Waals surface area contributed by atoms with E-state index in [1.807, 2.05) is 16.9 Å². The molecule has 1 atom stereocenters. The van der Waals surface area contributed by atoms with E-state index in [9.17, 15) is 0 Å². The lowest BCUT2D eigenvalue weighted by atomic mass is 9.89. The van der Waals surface area contributed by atoms with E-state index in [-0.39, 0.29) is 11.5 Å². The van der Waals surface area contributed by atoms with Crippen LogP contribution in [0.1, 0.15) is 20.8 Å². The molecular formula is C14H27N5O. The Kier molecular flexibility index (Phi) is 6.51. The fourth-order valence-corrected chi connectivity index (χ4v) is 1.87. The smallest absolute Gasteiger partial charge is 0.191 e. The third-order valence-corrected chi connectivity index (χ3v) is 3.12. The molecule has 0 spiro atoms. The Bertz CT molecular complexity index is 394. The van der Waals surface area contributed by atoms with Crippen molar-refractivity contribution in [3.05, 3.63) is 18.5 Å². The van der Waals surface area contributed by atoms with Gasteiger partial charge in [0.25, 0.3) is 0 Å². The minimum Gasteiger partial charge on any atom is -0.379 e. The van der Waals surface area contributed by atoms with Crippen molar-refractivity contribution in [2.45, 2.75) is 33.4 Å². The first kappa shape index (κ1) is 16.5. The molecule has 0 aliphatic rings. The van der Waals surface area contributed by atoms with Gasteiger partial charge >= 0.3 is 0 Å². The van der Waals surface area contributed by atoms with Gasteiger partial charge in [-0.2, -0.15) is 5.10 Å². The van der Waals surface area contributed by atoms with Crippen molar-refractivity contribution in [2.24, 2.45) is 10.4 Å². The number of ether oxygens (including phenoxy) is 1. The van der Waals surface area contributed by atoms with E-state index in [1.54, 1.807) is 20.4 Å². The van der Waals surface area contributed by atoms with Gasteiger partial charge in [-0.3, -0.25) is 9.67 Å². The molecule has 20 heavy (non-hydrogen) atoms. The van der Waals surface area contributed by atoms with Gasteiger partial charge in [0.05, 0.1) is 12.6 Å². The Balaban J connectivity index is 2.32. The number of guanidine groups is 1. The van der Waals surface area contributed by atoms with E-state index in [4.69, 9.17) is 4.74 Å². The summed E-state index contributed by atoms with van der Waals surface area (Å²) in [7, 11) is 3.51. The maximum atomic E-state index is 5.51. The minimum absolute atomic E-state index is 0.0929. The van der Waals surface area contributed by atoms with Gasteiger partial charge in [-0.25, -0.2) is 0 Å². The van der Waals surface area contributed by atoms with Gasteiger partial charge in [0.15, 0.2) is 5.96 Å². The molecular weight excluding hydrogens is 254 g/mol. The molecule has 2 N–H and O–H groups in total.